The molecule has 0 aromatic heterocycles. The van der Waals surface area contributed by atoms with Crippen LogP contribution in [-0.4, -0.2) is 31.1 Å². The van der Waals surface area contributed by atoms with Gasteiger partial charge in [-0.25, -0.2) is 0 Å². The van der Waals surface area contributed by atoms with Crippen molar-refractivity contribution in [3.63, 3.8) is 0 Å². The van der Waals surface area contributed by atoms with Crippen molar-refractivity contribution in [2.24, 2.45) is 0 Å². The predicted molar refractivity (Wildman–Crippen MR) is 40.1 cm³/mol. The molecule has 0 saturated carbocycles. The summed E-state index contributed by atoms with van der Waals surface area (Å²) in [5, 5.41) is 1.09. The van der Waals surface area contributed by atoms with Crippen LogP contribution in [0.4, 0.5) is 0 Å². The van der Waals surface area contributed by atoms with Gasteiger partial charge in [-0.2, -0.15) is 17.8 Å². The lowest BCUT2D eigenvalue weighted by atomic mass is 10.3. The van der Waals surface area contributed by atoms with Gasteiger partial charge in [0.15, 0.2) is 0 Å². The summed E-state index contributed by atoms with van der Waals surface area (Å²) in [6.07, 6.45) is 0.742. The number of hydrogen-bond acceptors (Lipinski definition) is 4. The van der Waals surface area contributed by atoms with Gasteiger partial charge in [0.1, 0.15) is 0 Å². The summed E-state index contributed by atoms with van der Waals surface area (Å²) in [5.41, 5.74) is 0. The van der Waals surface area contributed by atoms with E-state index in [4.69, 9.17) is 4.55 Å². The second-order valence-electron chi connectivity index (χ2n) is 2.31. The molecule has 0 aromatic carbocycles. The van der Waals surface area contributed by atoms with E-state index < -0.39 is 10.4 Å². The Morgan fingerprint density at radius 3 is 2.36 bits per heavy atom. The first-order valence-corrected chi connectivity index (χ1v) is 4.63. The Balaban J connectivity index is 3.98. The smallest absolute Gasteiger partial charge is 0.262 e. The molecule has 0 radical (unpaired) electrons. The van der Waals surface area contributed by atoms with E-state index in [2.05, 4.69) is 4.28 Å². The molecule has 0 aromatic rings. The lowest BCUT2D eigenvalue weighted by Crippen LogP contribution is -2.30. The minimum Gasteiger partial charge on any atom is -0.262 e. The van der Waals surface area contributed by atoms with Crippen LogP contribution < -0.4 is 0 Å². The van der Waals surface area contributed by atoms with E-state index >= 15 is 0 Å². The van der Waals surface area contributed by atoms with Gasteiger partial charge in [0.2, 0.25) is 0 Å². The first-order chi connectivity index (χ1) is 4.87. The molecule has 1 atom stereocenters. The third kappa shape index (κ3) is 5.14. The van der Waals surface area contributed by atoms with Crippen LogP contribution in [0.25, 0.3) is 0 Å². The van der Waals surface area contributed by atoms with E-state index in [1.54, 1.807) is 6.92 Å². The van der Waals surface area contributed by atoms with Gasteiger partial charge in [-0.05, 0) is 13.3 Å². The zero-order chi connectivity index (χ0) is 9.07. The van der Waals surface area contributed by atoms with Crippen molar-refractivity contribution in [3.8, 4) is 0 Å². The third-order valence-corrected chi connectivity index (χ3v) is 1.85. The zero-order valence-electron chi connectivity index (χ0n) is 6.81. The molecule has 6 heteroatoms. The molecule has 0 fully saturated rings. The molecule has 0 rings (SSSR count). The van der Waals surface area contributed by atoms with E-state index in [9.17, 15) is 8.42 Å². The maximum Gasteiger partial charge on any atom is 0.413 e. The minimum atomic E-state index is -4.35. The predicted octanol–water partition coefficient (Wildman–Crippen LogP) is 0.451. The van der Waals surface area contributed by atoms with Crippen molar-refractivity contribution < 1.29 is 17.3 Å². The largest absolute Gasteiger partial charge is 0.413 e. The van der Waals surface area contributed by atoms with Crippen LogP contribution in [0.3, 0.4) is 0 Å². The van der Waals surface area contributed by atoms with Crippen LogP contribution >= 0.6 is 0 Å². The molecule has 5 nitrogen and oxygen atoms in total. The van der Waals surface area contributed by atoms with Crippen molar-refractivity contribution in [1.82, 2.24) is 5.06 Å². The minimum absolute atomic E-state index is 0.0445. The number of hydroxylamine groups is 2. The maximum absolute atomic E-state index is 10.2. The highest BCUT2D eigenvalue weighted by molar-refractivity contribution is 7.80. The Hall–Kier alpha value is -0.170. The number of rotatable bonds is 4. The topological polar surface area (TPSA) is 66.8 Å². The van der Waals surface area contributed by atoms with Gasteiger partial charge in [0.25, 0.3) is 0 Å². The summed E-state index contributed by atoms with van der Waals surface area (Å²) < 4.78 is 32.7. The fourth-order valence-electron chi connectivity index (χ4n) is 0.479. The molecular formula is C5H13NO4S. The van der Waals surface area contributed by atoms with Crippen molar-refractivity contribution in [3.05, 3.63) is 0 Å². The molecule has 1 unspecified atom stereocenters. The monoisotopic (exact) mass is 183 g/mol. The maximum atomic E-state index is 10.2. The van der Waals surface area contributed by atoms with E-state index in [0.717, 1.165) is 11.5 Å². The Bertz CT molecular complexity index is 201. The Labute approximate surface area is 66.9 Å². The molecule has 11 heavy (non-hydrogen) atoms. The Morgan fingerprint density at radius 1 is 1.64 bits per heavy atom. The third-order valence-electron chi connectivity index (χ3n) is 1.42. The fourth-order valence-corrected chi connectivity index (χ4v) is 0.923. The van der Waals surface area contributed by atoms with Crippen LogP contribution in [0, 0.1) is 0 Å². The van der Waals surface area contributed by atoms with E-state index in [0.29, 0.717) is 0 Å². The van der Waals surface area contributed by atoms with Gasteiger partial charge in [-0.15, -0.1) is 0 Å². The van der Waals surface area contributed by atoms with Gasteiger partial charge in [-0.1, -0.05) is 6.92 Å². The first-order valence-electron chi connectivity index (χ1n) is 3.26. The summed E-state index contributed by atoms with van der Waals surface area (Å²) in [7, 11) is -2.91. The molecule has 0 heterocycles. The average Bonchev–Trinajstić information content (AvgIpc) is 1.82. The molecular weight excluding hydrogens is 170 g/mol. The van der Waals surface area contributed by atoms with Crippen LogP contribution in [0.15, 0.2) is 0 Å². The van der Waals surface area contributed by atoms with E-state index in [1.807, 2.05) is 6.92 Å². The second-order valence-corrected chi connectivity index (χ2v) is 3.31. The van der Waals surface area contributed by atoms with Crippen molar-refractivity contribution in [2.45, 2.75) is 26.3 Å². The number of hydrogen-bond donors (Lipinski definition) is 1. The van der Waals surface area contributed by atoms with E-state index in [1.165, 1.54) is 7.05 Å². The van der Waals surface area contributed by atoms with Crippen LogP contribution in [0.1, 0.15) is 20.3 Å². The van der Waals surface area contributed by atoms with Crippen LogP contribution in [0.5, 0.6) is 0 Å². The molecule has 68 valence electrons. The molecule has 0 aliphatic rings. The average molecular weight is 183 g/mol. The standard InChI is InChI=1S/C5H13NO4S/c1-4-5(2)6(3)10-11(7,8)9/h5H,4H2,1-3H3,(H,7,8,9). The molecule has 0 spiro atoms. The SMILES string of the molecule is CCC(C)N(C)OS(=O)(=O)O. The summed E-state index contributed by atoms with van der Waals surface area (Å²) in [4.78, 5) is 0. The fraction of sp³-hybridized carbons (Fsp3) is 1.00. The summed E-state index contributed by atoms with van der Waals surface area (Å²) in [6.45, 7) is 3.67. The summed E-state index contributed by atoms with van der Waals surface area (Å²) >= 11 is 0. The van der Waals surface area contributed by atoms with Gasteiger partial charge < -0.3 is 0 Å². The van der Waals surface area contributed by atoms with Crippen molar-refractivity contribution >= 4 is 10.4 Å². The summed E-state index contributed by atoms with van der Waals surface area (Å²) in [6, 6.07) is -0.0445. The van der Waals surface area contributed by atoms with Gasteiger partial charge in [0, 0.05) is 13.1 Å². The first kappa shape index (κ1) is 10.8. The Kier molecular flexibility index (Phi) is 3.95. The molecule has 0 bridgehead atoms. The van der Waals surface area contributed by atoms with Gasteiger partial charge >= 0.3 is 10.4 Å². The zero-order valence-corrected chi connectivity index (χ0v) is 7.63. The van der Waals surface area contributed by atoms with Gasteiger partial charge in [0.05, 0.1) is 0 Å². The molecule has 0 aliphatic carbocycles. The van der Waals surface area contributed by atoms with Crippen LogP contribution in [-0.2, 0) is 14.7 Å². The van der Waals surface area contributed by atoms with Crippen molar-refractivity contribution in [1.29, 1.82) is 0 Å². The quantitative estimate of drug-likeness (QED) is 0.506. The second kappa shape index (κ2) is 4.01. The highest BCUT2D eigenvalue weighted by atomic mass is 32.3. The molecule has 0 amide bonds. The highest BCUT2D eigenvalue weighted by Crippen LogP contribution is 2.02. The lowest BCUT2D eigenvalue weighted by molar-refractivity contribution is -0.0682. The van der Waals surface area contributed by atoms with Gasteiger partial charge in [-0.3, -0.25) is 4.55 Å². The number of nitrogens with zero attached hydrogens (tertiary/aromatic N) is 1. The van der Waals surface area contributed by atoms with Crippen LogP contribution in [0.2, 0.25) is 0 Å². The lowest BCUT2D eigenvalue weighted by Gasteiger charge is -2.19. The van der Waals surface area contributed by atoms with E-state index in [-0.39, 0.29) is 6.04 Å². The normalized spacial score (nSPS) is 15.4. The molecule has 0 saturated heterocycles. The molecule has 1 N–H and O–H groups in total. The van der Waals surface area contributed by atoms with Crippen molar-refractivity contribution in [2.75, 3.05) is 7.05 Å². The Morgan fingerprint density at radius 2 is 2.09 bits per heavy atom. The summed E-state index contributed by atoms with van der Waals surface area (Å²) in [5.74, 6) is 0. The molecule has 0 aliphatic heterocycles. The highest BCUT2D eigenvalue weighted by Gasteiger charge is 2.14.